The molecule has 0 aliphatic rings. The molecule has 0 aromatic heterocycles. The predicted molar refractivity (Wildman–Crippen MR) is 72.5 cm³/mol. The maximum atomic E-state index is 11.6. The Morgan fingerprint density at radius 2 is 1.95 bits per heavy atom. The van der Waals surface area contributed by atoms with E-state index in [9.17, 15) is 14.7 Å². The smallest absolute Gasteiger partial charge is 0.412 e. The SMILES string of the molecule is CC(C)(C)OC(=O)Nc1cc(C(N)C(=O)O)ccc1O. The molecule has 0 aliphatic carbocycles. The van der Waals surface area contributed by atoms with Gasteiger partial charge in [-0.3, -0.25) is 10.1 Å². The highest BCUT2D eigenvalue weighted by Gasteiger charge is 2.19. The molecule has 110 valence electrons. The lowest BCUT2D eigenvalue weighted by molar-refractivity contribution is -0.138. The maximum Gasteiger partial charge on any atom is 0.412 e. The van der Waals surface area contributed by atoms with Crippen LogP contribution in [0.25, 0.3) is 0 Å². The third kappa shape index (κ3) is 4.43. The van der Waals surface area contributed by atoms with Crippen molar-refractivity contribution in [2.24, 2.45) is 5.73 Å². The van der Waals surface area contributed by atoms with Gasteiger partial charge in [0.2, 0.25) is 0 Å². The van der Waals surface area contributed by atoms with Gasteiger partial charge in [0, 0.05) is 0 Å². The number of carboxylic acid groups (broad SMARTS) is 1. The number of carbonyl (C=O) groups is 2. The van der Waals surface area contributed by atoms with E-state index in [1.165, 1.54) is 18.2 Å². The van der Waals surface area contributed by atoms with Crippen LogP contribution < -0.4 is 11.1 Å². The van der Waals surface area contributed by atoms with Gasteiger partial charge >= 0.3 is 12.1 Å². The summed E-state index contributed by atoms with van der Waals surface area (Å²) in [5, 5.41) is 20.8. The number of nitrogens with two attached hydrogens (primary N) is 1. The van der Waals surface area contributed by atoms with Crippen molar-refractivity contribution in [1.29, 1.82) is 0 Å². The largest absolute Gasteiger partial charge is 0.506 e. The van der Waals surface area contributed by atoms with Crippen LogP contribution in [0.4, 0.5) is 10.5 Å². The first-order chi connectivity index (χ1) is 9.10. The number of aromatic hydroxyl groups is 1. The second-order valence-electron chi connectivity index (χ2n) is 5.22. The van der Waals surface area contributed by atoms with Crippen molar-refractivity contribution in [2.45, 2.75) is 32.4 Å². The highest BCUT2D eigenvalue weighted by molar-refractivity contribution is 5.87. The van der Waals surface area contributed by atoms with Gasteiger partial charge in [0.15, 0.2) is 0 Å². The zero-order valence-electron chi connectivity index (χ0n) is 11.5. The van der Waals surface area contributed by atoms with Gasteiger partial charge in [-0.25, -0.2) is 4.79 Å². The first-order valence-electron chi connectivity index (χ1n) is 5.91. The third-order valence-electron chi connectivity index (χ3n) is 2.28. The van der Waals surface area contributed by atoms with E-state index in [1.54, 1.807) is 20.8 Å². The maximum absolute atomic E-state index is 11.6. The molecular weight excluding hydrogens is 264 g/mol. The van der Waals surface area contributed by atoms with Crippen LogP contribution in [0.1, 0.15) is 32.4 Å². The lowest BCUT2D eigenvalue weighted by Crippen LogP contribution is -2.27. The molecular formula is C13H18N2O5. The van der Waals surface area contributed by atoms with Gasteiger partial charge in [-0.1, -0.05) is 6.07 Å². The van der Waals surface area contributed by atoms with Gasteiger partial charge in [-0.15, -0.1) is 0 Å². The predicted octanol–water partition coefficient (Wildman–Crippen LogP) is 1.82. The molecule has 5 N–H and O–H groups in total. The quantitative estimate of drug-likeness (QED) is 0.627. The fraction of sp³-hybridized carbons (Fsp3) is 0.385. The van der Waals surface area contributed by atoms with E-state index in [1.807, 2.05) is 0 Å². The Morgan fingerprint density at radius 1 is 1.35 bits per heavy atom. The van der Waals surface area contributed by atoms with Crippen LogP contribution in [0.3, 0.4) is 0 Å². The number of benzene rings is 1. The molecule has 20 heavy (non-hydrogen) atoms. The number of amides is 1. The summed E-state index contributed by atoms with van der Waals surface area (Å²) in [5.41, 5.74) is 5.07. The minimum absolute atomic E-state index is 0.0356. The van der Waals surface area contributed by atoms with Crippen LogP contribution >= 0.6 is 0 Å². The van der Waals surface area contributed by atoms with Crippen LogP contribution in [0.15, 0.2) is 18.2 Å². The van der Waals surface area contributed by atoms with Crippen molar-refractivity contribution in [3.63, 3.8) is 0 Å². The fourth-order valence-electron chi connectivity index (χ4n) is 1.40. The molecule has 1 aromatic rings. The number of hydrogen-bond donors (Lipinski definition) is 4. The highest BCUT2D eigenvalue weighted by atomic mass is 16.6. The van der Waals surface area contributed by atoms with Gasteiger partial charge in [-0.05, 0) is 38.5 Å². The van der Waals surface area contributed by atoms with Crippen molar-refractivity contribution in [2.75, 3.05) is 5.32 Å². The number of phenolic OH excluding ortho intramolecular Hbond substituents is 1. The molecule has 1 aromatic carbocycles. The number of rotatable bonds is 3. The Hall–Kier alpha value is -2.28. The topological polar surface area (TPSA) is 122 Å². The third-order valence-corrected chi connectivity index (χ3v) is 2.28. The normalized spacial score (nSPS) is 12.6. The van der Waals surface area contributed by atoms with Crippen molar-refractivity contribution in [1.82, 2.24) is 0 Å². The highest BCUT2D eigenvalue weighted by Crippen LogP contribution is 2.27. The Labute approximate surface area is 116 Å². The number of aliphatic carboxylic acids is 1. The molecule has 7 heteroatoms. The first kappa shape index (κ1) is 15.8. The molecule has 0 bridgehead atoms. The molecule has 0 heterocycles. The van der Waals surface area contributed by atoms with E-state index in [2.05, 4.69) is 5.32 Å². The Bertz CT molecular complexity index is 522. The lowest BCUT2D eigenvalue weighted by Gasteiger charge is -2.20. The van der Waals surface area contributed by atoms with E-state index in [-0.39, 0.29) is 17.0 Å². The van der Waals surface area contributed by atoms with E-state index in [0.717, 1.165) is 0 Å². The average molecular weight is 282 g/mol. The van der Waals surface area contributed by atoms with Gasteiger partial charge in [0.25, 0.3) is 0 Å². The van der Waals surface area contributed by atoms with Crippen LogP contribution in [-0.4, -0.2) is 27.9 Å². The number of nitrogens with one attached hydrogen (secondary N) is 1. The summed E-state index contributed by atoms with van der Waals surface area (Å²) in [4.78, 5) is 22.4. The minimum Gasteiger partial charge on any atom is -0.506 e. The zero-order chi connectivity index (χ0) is 15.5. The molecule has 0 aliphatic heterocycles. The number of hydrogen-bond acceptors (Lipinski definition) is 5. The summed E-state index contributed by atoms with van der Waals surface area (Å²) in [6.07, 6.45) is -0.756. The number of ether oxygens (including phenoxy) is 1. The molecule has 0 spiro atoms. The number of anilines is 1. The Balaban J connectivity index is 2.92. The molecule has 7 nitrogen and oxygen atoms in total. The van der Waals surface area contributed by atoms with Crippen molar-refractivity contribution in [3.8, 4) is 5.75 Å². The average Bonchev–Trinajstić information content (AvgIpc) is 2.28. The summed E-state index contributed by atoms with van der Waals surface area (Å²) in [6, 6.07) is 2.67. The van der Waals surface area contributed by atoms with E-state index >= 15 is 0 Å². The van der Waals surface area contributed by atoms with E-state index in [0.29, 0.717) is 0 Å². The first-order valence-corrected chi connectivity index (χ1v) is 5.91. The number of carboxylic acids is 1. The van der Waals surface area contributed by atoms with Crippen LogP contribution in [0.2, 0.25) is 0 Å². The molecule has 1 rings (SSSR count). The van der Waals surface area contributed by atoms with Gasteiger partial charge in [0.1, 0.15) is 17.4 Å². The zero-order valence-corrected chi connectivity index (χ0v) is 11.5. The summed E-state index contributed by atoms with van der Waals surface area (Å²) < 4.78 is 5.04. The summed E-state index contributed by atoms with van der Waals surface area (Å²) >= 11 is 0. The Morgan fingerprint density at radius 3 is 2.45 bits per heavy atom. The lowest BCUT2D eigenvalue weighted by atomic mass is 10.1. The van der Waals surface area contributed by atoms with Gasteiger partial charge < -0.3 is 20.7 Å². The minimum atomic E-state index is -1.24. The molecule has 1 atom stereocenters. The molecule has 1 unspecified atom stereocenters. The van der Waals surface area contributed by atoms with Gasteiger partial charge in [-0.2, -0.15) is 0 Å². The van der Waals surface area contributed by atoms with Crippen LogP contribution in [0, 0.1) is 0 Å². The molecule has 0 radical (unpaired) electrons. The monoisotopic (exact) mass is 282 g/mol. The molecule has 0 saturated heterocycles. The van der Waals surface area contributed by atoms with Crippen LogP contribution in [-0.2, 0) is 9.53 Å². The van der Waals surface area contributed by atoms with Crippen LogP contribution in [0.5, 0.6) is 5.75 Å². The fourth-order valence-corrected chi connectivity index (χ4v) is 1.40. The van der Waals surface area contributed by atoms with E-state index < -0.39 is 23.7 Å². The second kappa shape index (κ2) is 5.79. The summed E-state index contributed by atoms with van der Waals surface area (Å²) in [7, 11) is 0. The molecule has 0 fully saturated rings. The summed E-state index contributed by atoms with van der Waals surface area (Å²) in [5.74, 6) is -1.42. The van der Waals surface area contributed by atoms with Crippen molar-refractivity contribution in [3.05, 3.63) is 23.8 Å². The van der Waals surface area contributed by atoms with Gasteiger partial charge in [0.05, 0.1) is 5.69 Å². The standard InChI is InChI=1S/C13H18N2O5/c1-13(2,3)20-12(19)15-8-6-7(4-5-9(8)16)10(14)11(17)18/h4-6,10,16H,14H2,1-3H3,(H,15,19)(H,17,18). The van der Waals surface area contributed by atoms with Crippen molar-refractivity contribution >= 4 is 17.7 Å². The second-order valence-corrected chi connectivity index (χ2v) is 5.22. The Kier molecular flexibility index (Phi) is 4.57. The number of carbonyl (C=O) groups excluding carboxylic acids is 1. The summed E-state index contributed by atoms with van der Waals surface area (Å²) in [6.45, 7) is 5.09. The number of phenols is 1. The molecule has 0 saturated carbocycles. The molecule has 1 amide bonds. The van der Waals surface area contributed by atoms with Crippen molar-refractivity contribution < 1.29 is 24.5 Å². The van der Waals surface area contributed by atoms with E-state index in [4.69, 9.17) is 15.6 Å².